The molecule has 0 aliphatic heterocycles. The van der Waals surface area contributed by atoms with Gasteiger partial charge in [0.25, 0.3) is 0 Å². The van der Waals surface area contributed by atoms with Crippen LogP contribution >= 0.6 is 0 Å². The molecule has 1 N–H and O–H groups in total. The third-order valence-corrected chi connectivity index (χ3v) is 1.81. The topological polar surface area (TPSA) is 54.4 Å². The Bertz CT molecular complexity index is 419. The van der Waals surface area contributed by atoms with Crippen LogP contribution in [0.4, 0.5) is 4.39 Å². The minimum atomic E-state index is -1.36. The Morgan fingerprint density at radius 3 is 2.40 bits per heavy atom. The fourth-order valence-corrected chi connectivity index (χ4v) is 1.06. The number of aliphatic carboxylic acids is 1. The molecular formula is C11H9FO3. The lowest BCUT2D eigenvalue weighted by Crippen LogP contribution is -2.08. The number of benzene rings is 1. The first-order chi connectivity index (χ1) is 7.02. The molecule has 0 unspecified atom stereocenters. The summed E-state index contributed by atoms with van der Waals surface area (Å²) in [7, 11) is 0. The zero-order valence-electron chi connectivity index (χ0n) is 8.03. The second-order valence-corrected chi connectivity index (χ2v) is 2.94. The molecule has 15 heavy (non-hydrogen) atoms. The number of carbonyl (C=O) groups excluding carboxylic acids is 1. The number of rotatable bonds is 3. The predicted molar refractivity (Wildman–Crippen MR) is 52.7 cm³/mol. The largest absolute Gasteiger partial charge is 0.478 e. The zero-order valence-corrected chi connectivity index (χ0v) is 8.03. The highest BCUT2D eigenvalue weighted by Gasteiger charge is 2.13. The number of hydrogen-bond acceptors (Lipinski definition) is 2. The monoisotopic (exact) mass is 208 g/mol. The van der Waals surface area contributed by atoms with Crippen LogP contribution in [0.3, 0.4) is 0 Å². The Hall–Kier alpha value is -1.97. The lowest BCUT2D eigenvalue weighted by molar-refractivity contribution is -0.134. The van der Waals surface area contributed by atoms with Gasteiger partial charge in [-0.25, -0.2) is 9.18 Å². The van der Waals surface area contributed by atoms with Gasteiger partial charge in [-0.2, -0.15) is 0 Å². The van der Waals surface area contributed by atoms with E-state index < -0.39 is 23.1 Å². The molecule has 0 saturated heterocycles. The summed E-state index contributed by atoms with van der Waals surface area (Å²) in [5.74, 6) is -2.52. The molecule has 1 rings (SSSR count). The van der Waals surface area contributed by atoms with Crippen LogP contribution in [0.5, 0.6) is 0 Å². The normalized spacial score (nSPS) is 11.2. The van der Waals surface area contributed by atoms with Crippen LogP contribution < -0.4 is 0 Å². The van der Waals surface area contributed by atoms with E-state index in [1.807, 2.05) is 0 Å². The molecule has 3 nitrogen and oxygen atoms in total. The van der Waals surface area contributed by atoms with Crippen LogP contribution in [0.1, 0.15) is 12.5 Å². The number of carboxylic acid groups (broad SMARTS) is 1. The summed E-state index contributed by atoms with van der Waals surface area (Å²) in [6.45, 7) is 1.13. The summed E-state index contributed by atoms with van der Waals surface area (Å²) < 4.78 is 13.1. The summed E-state index contributed by atoms with van der Waals surface area (Å²) in [6, 6.07) is 5.65. The number of halogens is 1. The standard InChI is InChI=1S/C11H9FO3/c1-7(13)9(11(14)15)6-8-4-2-3-5-10(8)12/h2-6H,1H3,(H,14,15). The minimum absolute atomic E-state index is 0.0881. The van der Waals surface area contributed by atoms with Gasteiger partial charge < -0.3 is 5.11 Å². The van der Waals surface area contributed by atoms with E-state index in [4.69, 9.17) is 5.11 Å². The Balaban J connectivity index is 3.19. The molecule has 0 atom stereocenters. The number of Topliss-reactive ketones (excluding diaryl/α,β-unsaturated/α-hetero) is 1. The van der Waals surface area contributed by atoms with Crippen LogP contribution in [0.15, 0.2) is 29.8 Å². The van der Waals surface area contributed by atoms with Crippen molar-refractivity contribution in [2.45, 2.75) is 6.92 Å². The quantitative estimate of drug-likeness (QED) is 0.468. The molecule has 1 aromatic carbocycles. The minimum Gasteiger partial charge on any atom is -0.478 e. The van der Waals surface area contributed by atoms with Gasteiger partial charge in [0.1, 0.15) is 11.4 Å². The Morgan fingerprint density at radius 1 is 1.33 bits per heavy atom. The smallest absolute Gasteiger partial charge is 0.339 e. The van der Waals surface area contributed by atoms with Crippen molar-refractivity contribution in [3.63, 3.8) is 0 Å². The highest BCUT2D eigenvalue weighted by Crippen LogP contribution is 2.12. The second kappa shape index (κ2) is 4.50. The van der Waals surface area contributed by atoms with Gasteiger partial charge in [0.05, 0.1) is 0 Å². The first-order valence-electron chi connectivity index (χ1n) is 4.23. The SMILES string of the molecule is CC(=O)C(=Cc1ccccc1F)C(=O)O. The van der Waals surface area contributed by atoms with Gasteiger partial charge in [0, 0.05) is 5.56 Å². The maximum Gasteiger partial charge on any atom is 0.339 e. The van der Waals surface area contributed by atoms with E-state index >= 15 is 0 Å². The van der Waals surface area contributed by atoms with Gasteiger partial charge in [-0.15, -0.1) is 0 Å². The number of ketones is 1. The van der Waals surface area contributed by atoms with Gasteiger partial charge in [-0.3, -0.25) is 4.79 Å². The second-order valence-electron chi connectivity index (χ2n) is 2.94. The molecule has 0 spiro atoms. The average molecular weight is 208 g/mol. The number of carbonyl (C=O) groups is 2. The third-order valence-electron chi connectivity index (χ3n) is 1.81. The highest BCUT2D eigenvalue weighted by molar-refractivity contribution is 6.19. The Kier molecular flexibility index (Phi) is 3.33. The maximum atomic E-state index is 13.1. The van der Waals surface area contributed by atoms with Crippen molar-refractivity contribution < 1.29 is 19.1 Å². The van der Waals surface area contributed by atoms with Crippen LogP contribution in [-0.4, -0.2) is 16.9 Å². The van der Waals surface area contributed by atoms with Gasteiger partial charge in [0.2, 0.25) is 0 Å². The van der Waals surface area contributed by atoms with Crippen molar-refractivity contribution in [1.82, 2.24) is 0 Å². The summed E-state index contributed by atoms with van der Waals surface area (Å²) in [4.78, 5) is 21.6. The van der Waals surface area contributed by atoms with E-state index in [0.717, 1.165) is 13.0 Å². The molecule has 0 heterocycles. The summed E-state index contributed by atoms with van der Waals surface area (Å²) in [5, 5.41) is 8.68. The van der Waals surface area contributed by atoms with Crippen molar-refractivity contribution >= 4 is 17.8 Å². The van der Waals surface area contributed by atoms with Crippen molar-refractivity contribution in [1.29, 1.82) is 0 Å². The van der Waals surface area contributed by atoms with Crippen molar-refractivity contribution in [2.75, 3.05) is 0 Å². The van der Waals surface area contributed by atoms with Crippen molar-refractivity contribution in [3.05, 3.63) is 41.2 Å². The molecule has 0 aliphatic rings. The molecule has 0 bridgehead atoms. The molecule has 1 aromatic rings. The lowest BCUT2D eigenvalue weighted by atomic mass is 10.1. The van der Waals surface area contributed by atoms with Crippen LogP contribution in [0.25, 0.3) is 6.08 Å². The average Bonchev–Trinajstić information content (AvgIpc) is 2.15. The van der Waals surface area contributed by atoms with Crippen molar-refractivity contribution in [3.8, 4) is 0 Å². The zero-order chi connectivity index (χ0) is 11.4. The van der Waals surface area contributed by atoms with E-state index in [1.165, 1.54) is 18.2 Å². The van der Waals surface area contributed by atoms with Gasteiger partial charge >= 0.3 is 5.97 Å². The Morgan fingerprint density at radius 2 is 1.93 bits per heavy atom. The lowest BCUT2D eigenvalue weighted by Gasteiger charge is -1.98. The van der Waals surface area contributed by atoms with Gasteiger partial charge in [0.15, 0.2) is 5.78 Å². The van der Waals surface area contributed by atoms with E-state index in [1.54, 1.807) is 6.07 Å². The molecule has 0 amide bonds. The molecule has 0 aromatic heterocycles. The summed E-state index contributed by atoms with van der Waals surface area (Å²) in [5.41, 5.74) is -0.342. The van der Waals surface area contributed by atoms with Crippen LogP contribution in [0.2, 0.25) is 0 Å². The fourth-order valence-electron chi connectivity index (χ4n) is 1.06. The first-order valence-corrected chi connectivity index (χ1v) is 4.23. The van der Waals surface area contributed by atoms with Gasteiger partial charge in [-0.05, 0) is 19.1 Å². The molecule has 0 aliphatic carbocycles. The van der Waals surface area contributed by atoms with Gasteiger partial charge in [-0.1, -0.05) is 18.2 Å². The Labute approximate surface area is 85.8 Å². The summed E-state index contributed by atoms with van der Waals surface area (Å²) in [6.07, 6.45) is 1.03. The molecule has 0 radical (unpaired) electrons. The maximum absolute atomic E-state index is 13.1. The third kappa shape index (κ3) is 2.74. The fraction of sp³-hybridized carbons (Fsp3) is 0.0909. The molecule has 78 valence electrons. The molecular weight excluding hydrogens is 199 g/mol. The predicted octanol–water partition coefficient (Wildman–Crippen LogP) is 1.88. The number of hydrogen-bond donors (Lipinski definition) is 1. The van der Waals surface area contributed by atoms with E-state index in [0.29, 0.717) is 0 Å². The molecule has 4 heteroatoms. The van der Waals surface area contributed by atoms with E-state index in [9.17, 15) is 14.0 Å². The molecule has 0 fully saturated rings. The van der Waals surface area contributed by atoms with Crippen LogP contribution in [-0.2, 0) is 9.59 Å². The van der Waals surface area contributed by atoms with E-state index in [-0.39, 0.29) is 5.56 Å². The van der Waals surface area contributed by atoms with Crippen molar-refractivity contribution in [2.24, 2.45) is 0 Å². The van der Waals surface area contributed by atoms with E-state index in [2.05, 4.69) is 0 Å². The first kappa shape index (κ1) is 11.1. The number of carboxylic acids is 1. The van der Waals surface area contributed by atoms with Crippen LogP contribution in [0, 0.1) is 5.82 Å². The summed E-state index contributed by atoms with van der Waals surface area (Å²) >= 11 is 0. The molecule has 0 saturated carbocycles. The highest BCUT2D eigenvalue weighted by atomic mass is 19.1.